The van der Waals surface area contributed by atoms with Gasteiger partial charge >= 0.3 is 0 Å². The Balaban J connectivity index is 2.04. The zero-order valence-electron chi connectivity index (χ0n) is 8.98. The molecule has 0 radical (unpaired) electrons. The second-order valence-corrected chi connectivity index (χ2v) is 3.97. The molecule has 1 fully saturated rings. The second kappa shape index (κ2) is 4.57. The summed E-state index contributed by atoms with van der Waals surface area (Å²) in [6.07, 6.45) is 4.46. The Hall–Kier alpha value is -1.16. The molecular weight excluding hydrogens is 192 g/mol. The number of nitrogens with zero attached hydrogens (tertiary/aromatic N) is 2. The van der Waals surface area contributed by atoms with Crippen molar-refractivity contribution in [3.63, 3.8) is 0 Å². The topological polar surface area (TPSA) is 46.3 Å². The number of hydrogen-bond donors (Lipinski definition) is 0. The SMILES string of the molecule is CCN1CCC(c2oncc2C=O)CC1. The average Bonchev–Trinajstić information content (AvgIpc) is 2.77. The Morgan fingerprint density at radius 1 is 1.60 bits per heavy atom. The first-order valence-corrected chi connectivity index (χ1v) is 5.47. The summed E-state index contributed by atoms with van der Waals surface area (Å²) in [7, 11) is 0. The Morgan fingerprint density at radius 3 is 2.93 bits per heavy atom. The summed E-state index contributed by atoms with van der Waals surface area (Å²) in [5.74, 6) is 1.15. The van der Waals surface area contributed by atoms with E-state index in [1.165, 1.54) is 6.20 Å². The minimum Gasteiger partial charge on any atom is -0.360 e. The maximum absolute atomic E-state index is 10.7. The molecule has 0 aromatic carbocycles. The molecule has 82 valence electrons. The smallest absolute Gasteiger partial charge is 0.155 e. The van der Waals surface area contributed by atoms with Crippen molar-refractivity contribution >= 4 is 6.29 Å². The lowest BCUT2D eigenvalue weighted by Gasteiger charge is -2.29. The lowest BCUT2D eigenvalue weighted by atomic mass is 9.92. The van der Waals surface area contributed by atoms with Crippen LogP contribution in [0.5, 0.6) is 0 Å². The van der Waals surface area contributed by atoms with Crippen LogP contribution in [0.3, 0.4) is 0 Å². The molecule has 2 rings (SSSR count). The van der Waals surface area contributed by atoms with E-state index in [1.54, 1.807) is 0 Å². The Labute approximate surface area is 89.2 Å². The summed E-state index contributed by atoms with van der Waals surface area (Å²) in [5.41, 5.74) is 0.616. The van der Waals surface area contributed by atoms with Crippen molar-refractivity contribution in [1.29, 1.82) is 0 Å². The van der Waals surface area contributed by atoms with Crippen molar-refractivity contribution < 1.29 is 9.32 Å². The molecule has 1 aromatic rings. The Morgan fingerprint density at radius 2 is 2.33 bits per heavy atom. The van der Waals surface area contributed by atoms with E-state index in [4.69, 9.17) is 4.52 Å². The molecule has 0 bridgehead atoms. The Bertz CT molecular complexity index is 327. The highest BCUT2D eigenvalue weighted by molar-refractivity contribution is 5.75. The summed E-state index contributed by atoms with van der Waals surface area (Å²) in [6.45, 7) is 5.44. The van der Waals surface area contributed by atoms with Gasteiger partial charge in [0.2, 0.25) is 0 Å². The summed E-state index contributed by atoms with van der Waals surface area (Å²) in [5, 5.41) is 3.69. The van der Waals surface area contributed by atoms with E-state index in [0.717, 1.165) is 44.5 Å². The molecule has 0 amide bonds. The van der Waals surface area contributed by atoms with Crippen molar-refractivity contribution in [3.05, 3.63) is 17.5 Å². The molecule has 0 N–H and O–H groups in total. The number of aromatic nitrogens is 1. The molecule has 0 atom stereocenters. The molecule has 1 saturated heterocycles. The average molecular weight is 208 g/mol. The summed E-state index contributed by atoms with van der Waals surface area (Å²) in [6, 6.07) is 0. The highest BCUT2D eigenvalue weighted by Crippen LogP contribution is 2.29. The van der Waals surface area contributed by atoms with Crippen molar-refractivity contribution in [1.82, 2.24) is 10.1 Å². The normalized spacial score (nSPS) is 19.3. The van der Waals surface area contributed by atoms with Crippen LogP contribution in [0.15, 0.2) is 10.7 Å². The van der Waals surface area contributed by atoms with Crippen LogP contribution >= 0.6 is 0 Å². The van der Waals surface area contributed by atoms with Crippen LogP contribution in [-0.2, 0) is 0 Å². The summed E-state index contributed by atoms with van der Waals surface area (Å²) < 4.78 is 5.16. The van der Waals surface area contributed by atoms with Crippen molar-refractivity contribution in [2.24, 2.45) is 0 Å². The van der Waals surface area contributed by atoms with Gasteiger partial charge in [0.05, 0.1) is 11.8 Å². The fourth-order valence-corrected chi connectivity index (χ4v) is 2.17. The van der Waals surface area contributed by atoms with E-state index in [2.05, 4.69) is 17.0 Å². The van der Waals surface area contributed by atoms with Gasteiger partial charge in [-0.25, -0.2) is 0 Å². The molecule has 2 heterocycles. The lowest BCUT2D eigenvalue weighted by molar-refractivity contribution is 0.111. The number of likely N-dealkylation sites (tertiary alicyclic amines) is 1. The molecule has 0 unspecified atom stereocenters. The van der Waals surface area contributed by atoms with Crippen LogP contribution in [0.2, 0.25) is 0 Å². The second-order valence-electron chi connectivity index (χ2n) is 3.97. The largest absolute Gasteiger partial charge is 0.360 e. The van der Waals surface area contributed by atoms with Gasteiger partial charge in [0, 0.05) is 5.92 Å². The molecule has 4 heteroatoms. The maximum atomic E-state index is 10.7. The first kappa shape index (κ1) is 10.4. The van der Waals surface area contributed by atoms with Gasteiger partial charge < -0.3 is 9.42 Å². The van der Waals surface area contributed by atoms with E-state index in [0.29, 0.717) is 11.5 Å². The zero-order chi connectivity index (χ0) is 10.7. The van der Waals surface area contributed by atoms with Crippen molar-refractivity contribution in [3.8, 4) is 0 Å². The van der Waals surface area contributed by atoms with Crippen LogP contribution in [0.25, 0.3) is 0 Å². The van der Waals surface area contributed by atoms with E-state index in [1.807, 2.05) is 0 Å². The van der Waals surface area contributed by atoms with Gasteiger partial charge in [-0.05, 0) is 32.5 Å². The predicted octanol–water partition coefficient (Wildman–Crippen LogP) is 1.69. The van der Waals surface area contributed by atoms with E-state index in [9.17, 15) is 4.79 Å². The van der Waals surface area contributed by atoms with Crippen molar-refractivity contribution in [2.75, 3.05) is 19.6 Å². The molecule has 0 spiro atoms. The number of carbonyl (C=O) groups excluding carboxylic acids is 1. The molecule has 4 nitrogen and oxygen atoms in total. The first-order chi connectivity index (χ1) is 7.35. The van der Waals surface area contributed by atoms with E-state index in [-0.39, 0.29) is 0 Å². The predicted molar refractivity (Wildman–Crippen MR) is 56.0 cm³/mol. The van der Waals surface area contributed by atoms with Gasteiger partial charge in [0.1, 0.15) is 5.76 Å². The van der Waals surface area contributed by atoms with Crippen molar-refractivity contribution in [2.45, 2.75) is 25.7 Å². The minimum absolute atomic E-state index is 0.371. The van der Waals surface area contributed by atoms with Crippen LogP contribution in [0.4, 0.5) is 0 Å². The first-order valence-electron chi connectivity index (χ1n) is 5.47. The van der Waals surface area contributed by atoms with Crippen LogP contribution in [0, 0.1) is 0 Å². The quantitative estimate of drug-likeness (QED) is 0.709. The third-order valence-corrected chi connectivity index (χ3v) is 3.16. The highest BCUT2D eigenvalue weighted by Gasteiger charge is 2.24. The molecule has 1 aliphatic heterocycles. The fourth-order valence-electron chi connectivity index (χ4n) is 2.17. The van der Waals surface area contributed by atoms with E-state index >= 15 is 0 Å². The summed E-state index contributed by atoms with van der Waals surface area (Å²) >= 11 is 0. The summed E-state index contributed by atoms with van der Waals surface area (Å²) in [4.78, 5) is 13.2. The number of rotatable bonds is 3. The monoisotopic (exact) mass is 208 g/mol. The van der Waals surface area contributed by atoms with Crippen LogP contribution < -0.4 is 0 Å². The fraction of sp³-hybridized carbons (Fsp3) is 0.636. The number of carbonyl (C=O) groups is 1. The van der Waals surface area contributed by atoms with Gasteiger partial charge in [0.15, 0.2) is 6.29 Å². The molecule has 1 aliphatic rings. The minimum atomic E-state index is 0.371. The maximum Gasteiger partial charge on any atom is 0.155 e. The molecule has 15 heavy (non-hydrogen) atoms. The van der Waals surface area contributed by atoms with Crippen LogP contribution in [0.1, 0.15) is 41.8 Å². The molecule has 0 saturated carbocycles. The van der Waals surface area contributed by atoms with Crippen LogP contribution in [-0.4, -0.2) is 36.0 Å². The number of aldehydes is 1. The van der Waals surface area contributed by atoms with Gasteiger partial charge in [-0.2, -0.15) is 0 Å². The van der Waals surface area contributed by atoms with Gasteiger partial charge in [-0.3, -0.25) is 4.79 Å². The lowest BCUT2D eigenvalue weighted by Crippen LogP contribution is -2.32. The number of piperidine rings is 1. The molecular formula is C11H16N2O2. The molecule has 0 aliphatic carbocycles. The highest BCUT2D eigenvalue weighted by atomic mass is 16.5. The van der Waals surface area contributed by atoms with Gasteiger partial charge in [0.25, 0.3) is 0 Å². The Kier molecular flexibility index (Phi) is 3.16. The van der Waals surface area contributed by atoms with Gasteiger partial charge in [-0.1, -0.05) is 12.1 Å². The van der Waals surface area contributed by atoms with Gasteiger partial charge in [-0.15, -0.1) is 0 Å². The third kappa shape index (κ3) is 2.09. The number of hydrogen-bond acceptors (Lipinski definition) is 4. The third-order valence-electron chi connectivity index (χ3n) is 3.16. The van der Waals surface area contributed by atoms with E-state index < -0.39 is 0 Å². The zero-order valence-corrected chi connectivity index (χ0v) is 8.98. The standard InChI is InChI=1S/C11H16N2O2/c1-2-13-5-3-9(4-6-13)11-10(8-14)7-12-15-11/h7-9H,2-6H2,1H3. The molecule has 1 aromatic heterocycles.